The lowest BCUT2D eigenvalue weighted by Crippen LogP contribution is -2.36. The molecular weight excluding hydrogens is 136 g/mol. The molecule has 0 saturated heterocycles. The summed E-state index contributed by atoms with van der Waals surface area (Å²) >= 11 is 0. The smallest absolute Gasteiger partial charge is 0.0107 e. The first kappa shape index (κ1) is 10.9. The molecule has 0 radical (unpaired) electrons. The maximum atomic E-state index is 3.39. The highest BCUT2D eigenvalue weighted by Gasteiger charge is 2.01. The molecule has 0 unspecified atom stereocenters. The summed E-state index contributed by atoms with van der Waals surface area (Å²) in [6, 6.07) is 1.26. The average Bonchev–Trinajstić information content (AvgIpc) is 1.86. The summed E-state index contributed by atoms with van der Waals surface area (Å²) in [7, 11) is 2.16. The van der Waals surface area contributed by atoms with Crippen molar-refractivity contribution in [3.63, 3.8) is 0 Å². The van der Waals surface area contributed by atoms with Gasteiger partial charge in [-0.1, -0.05) is 13.8 Å². The highest BCUT2D eigenvalue weighted by atomic mass is 15.1. The van der Waals surface area contributed by atoms with Crippen molar-refractivity contribution in [3.05, 3.63) is 0 Å². The van der Waals surface area contributed by atoms with Crippen molar-refractivity contribution in [1.82, 2.24) is 10.2 Å². The Balaban J connectivity index is 3.24. The molecule has 68 valence electrons. The van der Waals surface area contributed by atoms with Gasteiger partial charge in [0.05, 0.1) is 0 Å². The van der Waals surface area contributed by atoms with Gasteiger partial charge in [-0.25, -0.2) is 0 Å². The third kappa shape index (κ3) is 6.32. The standard InChI is InChI=1S/C9H22N2/c1-8(2)10-6-7-11(5)9(3)4/h8-10H,6-7H2,1-5H3. The van der Waals surface area contributed by atoms with Gasteiger partial charge in [-0.2, -0.15) is 0 Å². The molecule has 0 spiro atoms. The molecule has 2 heteroatoms. The summed E-state index contributed by atoms with van der Waals surface area (Å²) < 4.78 is 0. The second kappa shape index (κ2) is 5.56. The van der Waals surface area contributed by atoms with Crippen LogP contribution >= 0.6 is 0 Å². The number of nitrogens with one attached hydrogen (secondary N) is 1. The van der Waals surface area contributed by atoms with Crippen LogP contribution in [0.3, 0.4) is 0 Å². The van der Waals surface area contributed by atoms with E-state index in [1.165, 1.54) is 0 Å². The molecule has 0 atom stereocenters. The van der Waals surface area contributed by atoms with E-state index < -0.39 is 0 Å². The first-order valence-corrected chi connectivity index (χ1v) is 4.47. The highest BCUT2D eigenvalue weighted by Crippen LogP contribution is 1.90. The molecule has 0 aromatic heterocycles. The summed E-state index contributed by atoms with van der Waals surface area (Å²) in [5.74, 6) is 0. The summed E-state index contributed by atoms with van der Waals surface area (Å²) in [4.78, 5) is 2.34. The molecular formula is C9H22N2. The molecule has 11 heavy (non-hydrogen) atoms. The molecule has 2 nitrogen and oxygen atoms in total. The second-order valence-corrected chi connectivity index (χ2v) is 3.68. The van der Waals surface area contributed by atoms with Crippen molar-refractivity contribution < 1.29 is 0 Å². The molecule has 1 N–H and O–H groups in total. The molecule has 0 saturated carbocycles. The SMILES string of the molecule is CC(C)NCCN(C)C(C)C. The van der Waals surface area contributed by atoms with Crippen molar-refractivity contribution in [3.8, 4) is 0 Å². The van der Waals surface area contributed by atoms with Gasteiger partial charge < -0.3 is 10.2 Å². The lowest BCUT2D eigenvalue weighted by atomic mass is 10.3. The maximum Gasteiger partial charge on any atom is 0.0107 e. The molecule has 0 bridgehead atoms. The van der Waals surface area contributed by atoms with Crippen LogP contribution < -0.4 is 5.32 Å². The molecule has 0 aliphatic rings. The zero-order valence-electron chi connectivity index (χ0n) is 8.52. The molecule has 0 aliphatic heterocycles. The molecule has 0 fully saturated rings. The molecule has 0 aromatic carbocycles. The van der Waals surface area contributed by atoms with Gasteiger partial charge in [-0.3, -0.25) is 0 Å². The van der Waals surface area contributed by atoms with Gasteiger partial charge in [0.1, 0.15) is 0 Å². The molecule has 0 aromatic rings. The minimum absolute atomic E-state index is 0.607. The van der Waals surface area contributed by atoms with E-state index in [2.05, 4.69) is 45.0 Å². The Labute approximate surface area is 71.0 Å². The Morgan fingerprint density at radius 1 is 1.18 bits per heavy atom. The van der Waals surface area contributed by atoms with Crippen LogP contribution in [0, 0.1) is 0 Å². The fourth-order valence-corrected chi connectivity index (χ4v) is 0.788. The van der Waals surface area contributed by atoms with Crippen molar-refractivity contribution >= 4 is 0 Å². The summed E-state index contributed by atoms with van der Waals surface area (Å²) in [5.41, 5.74) is 0. The zero-order chi connectivity index (χ0) is 8.85. The zero-order valence-corrected chi connectivity index (χ0v) is 8.52. The number of hydrogen-bond donors (Lipinski definition) is 1. The average molecular weight is 158 g/mol. The van der Waals surface area contributed by atoms with E-state index in [4.69, 9.17) is 0 Å². The number of hydrogen-bond acceptors (Lipinski definition) is 2. The Kier molecular flexibility index (Phi) is 5.51. The van der Waals surface area contributed by atoms with Gasteiger partial charge in [-0.15, -0.1) is 0 Å². The minimum Gasteiger partial charge on any atom is -0.313 e. The number of rotatable bonds is 5. The fourth-order valence-electron chi connectivity index (χ4n) is 0.788. The van der Waals surface area contributed by atoms with Crippen molar-refractivity contribution in [2.75, 3.05) is 20.1 Å². The summed E-state index contributed by atoms with van der Waals surface area (Å²) in [5, 5.41) is 3.39. The normalized spacial score (nSPS) is 12.0. The van der Waals surface area contributed by atoms with Gasteiger partial charge >= 0.3 is 0 Å². The van der Waals surface area contributed by atoms with Gasteiger partial charge in [0.25, 0.3) is 0 Å². The largest absolute Gasteiger partial charge is 0.313 e. The first-order chi connectivity index (χ1) is 5.04. The topological polar surface area (TPSA) is 15.3 Å². The molecule has 0 aliphatic carbocycles. The van der Waals surface area contributed by atoms with Crippen molar-refractivity contribution in [1.29, 1.82) is 0 Å². The van der Waals surface area contributed by atoms with E-state index in [0.717, 1.165) is 13.1 Å². The minimum atomic E-state index is 0.607. The summed E-state index contributed by atoms with van der Waals surface area (Å²) in [6.45, 7) is 11.0. The number of nitrogens with zero attached hydrogens (tertiary/aromatic N) is 1. The van der Waals surface area contributed by atoms with Crippen LogP contribution in [0.2, 0.25) is 0 Å². The predicted molar refractivity (Wildman–Crippen MR) is 50.9 cm³/mol. The van der Waals surface area contributed by atoms with Crippen LogP contribution in [-0.2, 0) is 0 Å². The first-order valence-electron chi connectivity index (χ1n) is 4.47. The quantitative estimate of drug-likeness (QED) is 0.649. The van der Waals surface area contributed by atoms with Gasteiger partial charge in [0.2, 0.25) is 0 Å². The lowest BCUT2D eigenvalue weighted by Gasteiger charge is -2.21. The molecule has 0 heterocycles. The third-order valence-corrected chi connectivity index (χ3v) is 1.90. The summed E-state index contributed by atoms with van der Waals surface area (Å²) in [6.07, 6.45) is 0. The Bertz CT molecular complexity index is 89.6. The van der Waals surface area contributed by atoms with E-state index in [0.29, 0.717) is 12.1 Å². The van der Waals surface area contributed by atoms with Crippen LogP contribution in [0.25, 0.3) is 0 Å². The third-order valence-electron chi connectivity index (χ3n) is 1.90. The van der Waals surface area contributed by atoms with E-state index in [9.17, 15) is 0 Å². The highest BCUT2D eigenvalue weighted by molar-refractivity contribution is 4.60. The van der Waals surface area contributed by atoms with Crippen molar-refractivity contribution in [2.45, 2.75) is 39.8 Å². The van der Waals surface area contributed by atoms with Gasteiger partial charge in [0, 0.05) is 25.2 Å². The predicted octanol–water partition coefficient (Wildman–Crippen LogP) is 1.32. The molecule has 0 rings (SSSR count). The van der Waals surface area contributed by atoms with E-state index in [1.54, 1.807) is 0 Å². The van der Waals surface area contributed by atoms with Crippen LogP contribution in [0.15, 0.2) is 0 Å². The van der Waals surface area contributed by atoms with Gasteiger partial charge in [0.15, 0.2) is 0 Å². The number of likely N-dealkylation sites (N-methyl/N-ethyl adjacent to an activating group) is 1. The Hall–Kier alpha value is -0.0800. The van der Waals surface area contributed by atoms with Crippen LogP contribution in [0.1, 0.15) is 27.7 Å². The monoisotopic (exact) mass is 158 g/mol. The molecule has 0 amide bonds. The lowest BCUT2D eigenvalue weighted by molar-refractivity contribution is 0.271. The van der Waals surface area contributed by atoms with Crippen LogP contribution in [0.5, 0.6) is 0 Å². The van der Waals surface area contributed by atoms with Crippen LogP contribution in [0.4, 0.5) is 0 Å². The van der Waals surface area contributed by atoms with E-state index in [1.807, 2.05) is 0 Å². The van der Waals surface area contributed by atoms with E-state index in [-0.39, 0.29) is 0 Å². The van der Waals surface area contributed by atoms with Crippen LogP contribution in [-0.4, -0.2) is 37.1 Å². The Morgan fingerprint density at radius 3 is 2.09 bits per heavy atom. The van der Waals surface area contributed by atoms with Crippen molar-refractivity contribution in [2.24, 2.45) is 0 Å². The second-order valence-electron chi connectivity index (χ2n) is 3.68. The maximum absolute atomic E-state index is 3.39. The van der Waals surface area contributed by atoms with E-state index >= 15 is 0 Å². The fraction of sp³-hybridized carbons (Fsp3) is 1.00. The Morgan fingerprint density at radius 2 is 1.73 bits per heavy atom. The van der Waals surface area contributed by atoms with Gasteiger partial charge in [-0.05, 0) is 20.9 Å².